The zero-order chi connectivity index (χ0) is 20.4. The molecular weight excluding hydrogens is 428 g/mol. The summed E-state index contributed by atoms with van der Waals surface area (Å²) in [4.78, 5) is 23.6. The lowest BCUT2D eigenvalue weighted by Crippen LogP contribution is -2.37. The molecule has 0 unspecified atom stereocenters. The van der Waals surface area contributed by atoms with Crippen LogP contribution in [-0.4, -0.2) is 50.3 Å². The van der Waals surface area contributed by atoms with Crippen molar-refractivity contribution in [1.82, 2.24) is 4.98 Å². The number of amides is 1. The van der Waals surface area contributed by atoms with Crippen LogP contribution < -0.4 is 15.1 Å². The number of ether oxygens (including phenoxy) is 1. The standard InChI is InChI=1S/C20H23ClN4O2S2/c1-3-24(4-2)20-23-19-16(29-20)12-15(28-19)18(26)22-14-7-5-6-13(21)17(14)25-8-10-27-11-9-25/h5-7,12H,3-4,8-11H2,1-2H3,(H,22,26). The number of para-hydroxylation sites is 1. The van der Waals surface area contributed by atoms with Crippen LogP contribution in [0.1, 0.15) is 23.5 Å². The number of nitrogens with one attached hydrogen (secondary N) is 1. The number of benzene rings is 1. The van der Waals surface area contributed by atoms with E-state index in [0.29, 0.717) is 23.1 Å². The predicted molar refractivity (Wildman–Crippen MR) is 123 cm³/mol. The number of carbonyl (C=O) groups excluding carboxylic acids is 1. The van der Waals surface area contributed by atoms with Gasteiger partial charge in [0, 0.05) is 26.2 Å². The minimum absolute atomic E-state index is 0.138. The molecule has 2 aromatic heterocycles. The highest BCUT2D eigenvalue weighted by atomic mass is 35.5. The lowest BCUT2D eigenvalue weighted by Gasteiger charge is -2.31. The van der Waals surface area contributed by atoms with Crippen LogP contribution in [0.2, 0.25) is 5.02 Å². The lowest BCUT2D eigenvalue weighted by atomic mass is 10.2. The van der Waals surface area contributed by atoms with Crippen LogP contribution in [0.15, 0.2) is 24.3 Å². The molecule has 1 aliphatic rings. The third kappa shape index (κ3) is 4.21. The van der Waals surface area contributed by atoms with Gasteiger partial charge in [-0.25, -0.2) is 4.98 Å². The van der Waals surface area contributed by atoms with Gasteiger partial charge in [-0.05, 0) is 32.0 Å². The van der Waals surface area contributed by atoms with Crippen LogP contribution in [0.4, 0.5) is 16.5 Å². The van der Waals surface area contributed by atoms with Crippen LogP contribution in [0, 0.1) is 0 Å². The Morgan fingerprint density at radius 2 is 2.03 bits per heavy atom. The second-order valence-electron chi connectivity index (χ2n) is 6.64. The molecule has 154 valence electrons. The van der Waals surface area contributed by atoms with Crippen LogP contribution >= 0.6 is 34.3 Å². The number of thiophene rings is 1. The van der Waals surface area contributed by atoms with E-state index >= 15 is 0 Å². The number of aromatic nitrogens is 1. The molecular formula is C20H23ClN4O2S2. The van der Waals surface area contributed by atoms with Crippen molar-refractivity contribution in [3.8, 4) is 0 Å². The molecule has 0 spiro atoms. The Morgan fingerprint density at radius 1 is 1.28 bits per heavy atom. The Morgan fingerprint density at radius 3 is 2.72 bits per heavy atom. The largest absolute Gasteiger partial charge is 0.378 e. The highest BCUT2D eigenvalue weighted by Gasteiger charge is 2.21. The fourth-order valence-corrected chi connectivity index (χ4v) is 5.90. The smallest absolute Gasteiger partial charge is 0.265 e. The molecule has 0 aliphatic carbocycles. The molecule has 0 bridgehead atoms. The Bertz CT molecular complexity index is 978. The summed E-state index contributed by atoms with van der Waals surface area (Å²) in [5, 5.41) is 4.68. The van der Waals surface area contributed by atoms with Crippen molar-refractivity contribution >= 4 is 66.2 Å². The fraction of sp³-hybridized carbons (Fsp3) is 0.400. The van der Waals surface area contributed by atoms with Gasteiger partial charge in [-0.2, -0.15) is 0 Å². The first-order chi connectivity index (χ1) is 14.1. The molecule has 0 atom stereocenters. The first kappa shape index (κ1) is 20.4. The van der Waals surface area contributed by atoms with Gasteiger partial charge in [0.05, 0.1) is 39.2 Å². The summed E-state index contributed by atoms with van der Waals surface area (Å²) in [6.07, 6.45) is 0. The van der Waals surface area contributed by atoms with Crippen molar-refractivity contribution in [2.75, 3.05) is 54.5 Å². The van der Waals surface area contributed by atoms with Crippen LogP contribution in [-0.2, 0) is 4.74 Å². The third-order valence-electron chi connectivity index (χ3n) is 4.90. The normalized spacial score (nSPS) is 14.4. The molecule has 9 heteroatoms. The number of nitrogens with zero attached hydrogens (tertiary/aromatic N) is 3. The quantitative estimate of drug-likeness (QED) is 0.576. The molecule has 3 aromatic rings. The fourth-order valence-electron chi connectivity index (χ4n) is 3.37. The van der Waals surface area contributed by atoms with E-state index in [2.05, 4.69) is 29.0 Å². The first-order valence-corrected chi connectivity index (χ1v) is 11.7. The molecule has 29 heavy (non-hydrogen) atoms. The van der Waals surface area contributed by atoms with Gasteiger partial charge in [0.15, 0.2) is 5.13 Å². The van der Waals surface area contributed by atoms with Gasteiger partial charge < -0.3 is 19.9 Å². The number of fused-ring (bicyclic) bond motifs is 1. The van der Waals surface area contributed by atoms with Crippen LogP contribution in [0.3, 0.4) is 0 Å². The number of morpholine rings is 1. The molecule has 0 radical (unpaired) electrons. The molecule has 1 aliphatic heterocycles. The second-order valence-corrected chi connectivity index (χ2v) is 9.09. The van der Waals surface area contributed by atoms with E-state index in [-0.39, 0.29) is 5.91 Å². The molecule has 0 saturated carbocycles. The van der Waals surface area contributed by atoms with E-state index < -0.39 is 0 Å². The summed E-state index contributed by atoms with van der Waals surface area (Å²) < 4.78 is 6.48. The molecule has 4 rings (SSSR count). The SMILES string of the molecule is CCN(CC)c1nc2sc(C(=O)Nc3cccc(Cl)c3N3CCOCC3)cc2s1. The van der Waals surface area contributed by atoms with Gasteiger partial charge in [-0.3, -0.25) is 4.79 Å². The molecule has 1 N–H and O–H groups in total. The van der Waals surface area contributed by atoms with E-state index in [1.54, 1.807) is 11.3 Å². The minimum atomic E-state index is -0.138. The maximum atomic E-state index is 12.9. The van der Waals surface area contributed by atoms with Crippen molar-refractivity contribution in [2.24, 2.45) is 0 Å². The number of thiazole rings is 1. The van der Waals surface area contributed by atoms with Crippen molar-refractivity contribution in [3.05, 3.63) is 34.2 Å². The maximum absolute atomic E-state index is 12.9. The topological polar surface area (TPSA) is 57.7 Å². The van der Waals surface area contributed by atoms with Gasteiger partial charge in [-0.1, -0.05) is 29.0 Å². The molecule has 1 fully saturated rings. The van der Waals surface area contributed by atoms with Gasteiger partial charge in [0.25, 0.3) is 5.91 Å². The van der Waals surface area contributed by atoms with E-state index in [4.69, 9.17) is 21.3 Å². The third-order valence-corrected chi connectivity index (χ3v) is 7.42. The maximum Gasteiger partial charge on any atom is 0.265 e. The van der Waals surface area contributed by atoms with Gasteiger partial charge in [0.2, 0.25) is 0 Å². The van der Waals surface area contributed by atoms with Crippen molar-refractivity contribution < 1.29 is 9.53 Å². The van der Waals surface area contributed by atoms with Crippen molar-refractivity contribution in [1.29, 1.82) is 0 Å². The molecule has 1 saturated heterocycles. The summed E-state index contributed by atoms with van der Waals surface area (Å²) >= 11 is 9.52. The summed E-state index contributed by atoms with van der Waals surface area (Å²) in [7, 11) is 0. The van der Waals surface area contributed by atoms with Crippen LogP contribution in [0.5, 0.6) is 0 Å². The number of carbonyl (C=O) groups is 1. The van der Waals surface area contributed by atoms with E-state index in [1.807, 2.05) is 24.3 Å². The lowest BCUT2D eigenvalue weighted by molar-refractivity contribution is 0.103. The van der Waals surface area contributed by atoms with E-state index in [1.165, 1.54) is 11.3 Å². The zero-order valence-electron chi connectivity index (χ0n) is 16.4. The Kier molecular flexibility index (Phi) is 6.24. The number of rotatable bonds is 6. The monoisotopic (exact) mass is 450 g/mol. The minimum Gasteiger partial charge on any atom is -0.378 e. The molecule has 1 amide bonds. The number of hydrogen-bond donors (Lipinski definition) is 1. The number of halogens is 1. The highest BCUT2D eigenvalue weighted by Crippen LogP contribution is 2.37. The summed E-state index contributed by atoms with van der Waals surface area (Å²) in [6.45, 7) is 8.89. The molecule has 6 nitrogen and oxygen atoms in total. The summed E-state index contributed by atoms with van der Waals surface area (Å²) in [5.41, 5.74) is 1.57. The Labute approximate surface area is 183 Å². The Balaban J connectivity index is 1.56. The Hall–Kier alpha value is -1.87. The highest BCUT2D eigenvalue weighted by molar-refractivity contribution is 7.29. The number of anilines is 3. The molecule has 3 heterocycles. The second kappa shape index (κ2) is 8.87. The first-order valence-electron chi connectivity index (χ1n) is 9.68. The average molecular weight is 451 g/mol. The predicted octanol–water partition coefficient (Wildman–Crippen LogP) is 4.95. The van der Waals surface area contributed by atoms with Crippen molar-refractivity contribution in [3.63, 3.8) is 0 Å². The average Bonchev–Trinajstić information content (AvgIpc) is 3.29. The van der Waals surface area contributed by atoms with Crippen LogP contribution in [0.25, 0.3) is 9.53 Å². The van der Waals surface area contributed by atoms with E-state index in [9.17, 15) is 4.79 Å². The van der Waals surface area contributed by atoms with Crippen molar-refractivity contribution in [2.45, 2.75) is 13.8 Å². The van der Waals surface area contributed by atoms with Gasteiger partial charge >= 0.3 is 0 Å². The number of hydrogen-bond acceptors (Lipinski definition) is 7. The van der Waals surface area contributed by atoms with Gasteiger partial charge in [0.1, 0.15) is 4.83 Å². The summed E-state index contributed by atoms with van der Waals surface area (Å²) in [6, 6.07) is 7.52. The van der Waals surface area contributed by atoms with E-state index in [0.717, 1.165) is 52.2 Å². The molecule has 1 aromatic carbocycles. The summed E-state index contributed by atoms with van der Waals surface area (Å²) in [5.74, 6) is -0.138. The zero-order valence-corrected chi connectivity index (χ0v) is 18.8. The van der Waals surface area contributed by atoms with Gasteiger partial charge in [-0.15, -0.1) is 11.3 Å².